The first-order chi connectivity index (χ1) is 8.22. The van der Waals surface area contributed by atoms with Gasteiger partial charge in [-0.2, -0.15) is 5.26 Å². The molecule has 1 aromatic heterocycles. The molecule has 1 N–H and O–H groups in total. The lowest BCUT2D eigenvalue weighted by Gasteiger charge is -2.10. The average molecular weight is 292 g/mol. The summed E-state index contributed by atoms with van der Waals surface area (Å²) < 4.78 is 14.2. The molecule has 0 aliphatic carbocycles. The van der Waals surface area contributed by atoms with Crippen molar-refractivity contribution >= 4 is 27.3 Å². The fraction of sp³-hybridized carbons (Fsp3) is 0. The molecule has 3 nitrogen and oxygen atoms in total. The molecule has 0 atom stereocenters. The number of nitriles is 1. The first kappa shape index (κ1) is 11.6. The second-order valence-corrected chi connectivity index (χ2v) is 4.09. The quantitative estimate of drug-likeness (QED) is 0.920. The van der Waals surface area contributed by atoms with Crippen LogP contribution < -0.4 is 5.32 Å². The summed E-state index contributed by atoms with van der Waals surface area (Å²) in [6.45, 7) is 0. The molecule has 1 heterocycles. The molecule has 0 unspecified atom stereocenters. The predicted molar refractivity (Wildman–Crippen MR) is 66.3 cm³/mol. The number of aromatic nitrogens is 1. The van der Waals surface area contributed by atoms with E-state index in [0.717, 1.165) is 0 Å². The Kier molecular flexibility index (Phi) is 3.35. The minimum atomic E-state index is -0.396. The van der Waals surface area contributed by atoms with E-state index in [1.54, 1.807) is 24.3 Å². The van der Waals surface area contributed by atoms with E-state index in [1.165, 1.54) is 12.3 Å². The van der Waals surface area contributed by atoms with Gasteiger partial charge in [-0.25, -0.2) is 9.37 Å². The topological polar surface area (TPSA) is 48.7 Å². The van der Waals surface area contributed by atoms with Crippen LogP contribution in [0.1, 0.15) is 5.69 Å². The second-order valence-electron chi connectivity index (χ2n) is 3.23. The van der Waals surface area contributed by atoms with Crippen molar-refractivity contribution in [2.24, 2.45) is 0 Å². The lowest BCUT2D eigenvalue weighted by Crippen LogP contribution is -1.98. The number of hydrogen-bond donors (Lipinski definition) is 1. The molecule has 0 saturated carbocycles. The maximum Gasteiger partial charge on any atom is 0.163 e. The van der Waals surface area contributed by atoms with Gasteiger partial charge < -0.3 is 5.32 Å². The number of para-hydroxylation sites is 1. The van der Waals surface area contributed by atoms with E-state index in [9.17, 15) is 4.39 Å². The number of rotatable bonds is 2. The van der Waals surface area contributed by atoms with Crippen LogP contribution >= 0.6 is 15.9 Å². The van der Waals surface area contributed by atoms with E-state index in [0.29, 0.717) is 10.2 Å². The standard InChI is InChI=1S/C12H7BrFN3/c13-8-3-1-4-9(14)12(8)17-10-5-2-6-16-11(10)7-15/h1-6,17H. The van der Waals surface area contributed by atoms with Crippen LogP contribution in [0, 0.1) is 17.1 Å². The van der Waals surface area contributed by atoms with E-state index < -0.39 is 5.82 Å². The molecule has 0 fully saturated rings. The van der Waals surface area contributed by atoms with Gasteiger partial charge >= 0.3 is 0 Å². The van der Waals surface area contributed by atoms with Crippen molar-refractivity contribution < 1.29 is 4.39 Å². The van der Waals surface area contributed by atoms with Gasteiger partial charge in [0.25, 0.3) is 0 Å². The first-order valence-corrected chi connectivity index (χ1v) is 5.58. The summed E-state index contributed by atoms with van der Waals surface area (Å²) in [5.74, 6) is -0.396. The van der Waals surface area contributed by atoms with Gasteiger partial charge in [0.15, 0.2) is 5.69 Å². The highest BCUT2D eigenvalue weighted by atomic mass is 79.9. The van der Waals surface area contributed by atoms with Crippen molar-refractivity contribution in [3.8, 4) is 6.07 Å². The number of halogens is 2. The molecule has 0 bridgehead atoms. The summed E-state index contributed by atoms with van der Waals surface area (Å²) in [4.78, 5) is 3.89. The predicted octanol–water partition coefficient (Wildman–Crippen LogP) is 3.60. The maximum atomic E-state index is 13.6. The number of hydrogen-bond acceptors (Lipinski definition) is 3. The van der Waals surface area contributed by atoms with Crippen molar-refractivity contribution in [2.45, 2.75) is 0 Å². The Balaban J connectivity index is 2.42. The molecule has 0 aliphatic heterocycles. The smallest absolute Gasteiger partial charge is 0.163 e. The molecule has 2 aromatic rings. The fourth-order valence-electron chi connectivity index (χ4n) is 1.35. The number of pyridine rings is 1. The molecule has 5 heteroatoms. The Bertz CT molecular complexity index is 572. The highest BCUT2D eigenvalue weighted by Gasteiger charge is 2.09. The van der Waals surface area contributed by atoms with Gasteiger partial charge in [-0.05, 0) is 40.2 Å². The van der Waals surface area contributed by atoms with Gasteiger partial charge in [0, 0.05) is 10.7 Å². The van der Waals surface area contributed by atoms with E-state index in [-0.39, 0.29) is 11.4 Å². The summed E-state index contributed by atoms with van der Waals surface area (Å²) in [7, 11) is 0. The van der Waals surface area contributed by atoms with Crippen LogP contribution in [0.5, 0.6) is 0 Å². The lowest BCUT2D eigenvalue weighted by atomic mass is 10.2. The summed E-state index contributed by atoms with van der Waals surface area (Å²) >= 11 is 3.25. The van der Waals surface area contributed by atoms with Gasteiger partial charge in [-0.15, -0.1) is 0 Å². The highest BCUT2D eigenvalue weighted by molar-refractivity contribution is 9.10. The third kappa shape index (κ3) is 2.43. The number of benzene rings is 1. The Hall–Kier alpha value is -1.93. The molecular formula is C12H7BrFN3. The maximum absolute atomic E-state index is 13.6. The molecule has 0 amide bonds. The SMILES string of the molecule is N#Cc1ncccc1Nc1c(F)cccc1Br. The molecular weight excluding hydrogens is 285 g/mol. The number of nitrogens with zero attached hydrogens (tertiary/aromatic N) is 2. The van der Waals surface area contributed by atoms with Crippen molar-refractivity contribution in [1.29, 1.82) is 5.26 Å². The Morgan fingerprint density at radius 2 is 2.12 bits per heavy atom. The van der Waals surface area contributed by atoms with Crippen LogP contribution in [0.15, 0.2) is 41.0 Å². The Morgan fingerprint density at radius 3 is 2.82 bits per heavy atom. The van der Waals surface area contributed by atoms with Crippen LogP contribution in [-0.4, -0.2) is 4.98 Å². The highest BCUT2D eigenvalue weighted by Crippen LogP contribution is 2.29. The molecule has 0 spiro atoms. The molecule has 0 radical (unpaired) electrons. The van der Waals surface area contributed by atoms with Crippen molar-refractivity contribution in [2.75, 3.05) is 5.32 Å². The van der Waals surface area contributed by atoms with E-state index in [1.807, 2.05) is 6.07 Å². The summed E-state index contributed by atoms with van der Waals surface area (Å²) in [6, 6.07) is 9.95. The van der Waals surface area contributed by atoms with Crippen LogP contribution in [-0.2, 0) is 0 Å². The fourth-order valence-corrected chi connectivity index (χ4v) is 1.79. The Labute approximate surface area is 106 Å². The zero-order valence-corrected chi connectivity index (χ0v) is 10.2. The molecule has 2 rings (SSSR count). The Morgan fingerprint density at radius 1 is 1.29 bits per heavy atom. The largest absolute Gasteiger partial charge is 0.350 e. The zero-order valence-electron chi connectivity index (χ0n) is 8.61. The van der Waals surface area contributed by atoms with Gasteiger partial charge in [0.05, 0.1) is 11.4 Å². The molecule has 0 saturated heterocycles. The summed E-state index contributed by atoms with van der Waals surface area (Å²) in [6.07, 6.45) is 1.51. The van der Waals surface area contributed by atoms with Crippen LogP contribution in [0.4, 0.5) is 15.8 Å². The average Bonchev–Trinajstić information content (AvgIpc) is 2.34. The van der Waals surface area contributed by atoms with Gasteiger partial charge in [0.2, 0.25) is 0 Å². The number of anilines is 2. The molecule has 84 valence electrons. The zero-order chi connectivity index (χ0) is 12.3. The van der Waals surface area contributed by atoms with Gasteiger partial charge in [-0.1, -0.05) is 6.07 Å². The monoisotopic (exact) mass is 291 g/mol. The van der Waals surface area contributed by atoms with Crippen LogP contribution in [0.2, 0.25) is 0 Å². The second kappa shape index (κ2) is 4.93. The van der Waals surface area contributed by atoms with Gasteiger partial charge in [0.1, 0.15) is 11.9 Å². The molecule has 0 aliphatic rings. The van der Waals surface area contributed by atoms with E-state index in [2.05, 4.69) is 26.2 Å². The molecule has 1 aromatic carbocycles. The third-order valence-electron chi connectivity index (χ3n) is 2.14. The summed E-state index contributed by atoms with van der Waals surface area (Å²) in [5.41, 5.74) is 0.987. The van der Waals surface area contributed by atoms with Crippen LogP contribution in [0.3, 0.4) is 0 Å². The van der Waals surface area contributed by atoms with Crippen LogP contribution in [0.25, 0.3) is 0 Å². The van der Waals surface area contributed by atoms with E-state index >= 15 is 0 Å². The molecule has 17 heavy (non-hydrogen) atoms. The summed E-state index contributed by atoms with van der Waals surface area (Å²) in [5, 5.41) is 11.7. The van der Waals surface area contributed by atoms with Crippen molar-refractivity contribution in [3.63, 3.8) is 0 Å². The number of nitrogens with one attached hydrogen (secondary N) is 1. The lowest BCUT2D eigenvalue weighted by molar-refractivity contribution is 0.631. The van der Waals surface area contributed by atoms with E-state index in [4.69, 9.17) is 5.26 Å². The third-order valence-corrected chi connectivity index (χ3v) is 2.80. The minimum absolute atomic E-state index is 0.225. The van der Waals surface area contributed by atoms with Crippen molar-refractivity contribution in [1.82, 2.24) is 4.98 Å². The first-order valence-electron chi connectivity index (χ1n) is 4.78. The van der Waals surface area contributed by atoms with Gasteiger partial charge in [-0.3, -0.25) is 0 Å². The minimum Gasteiger partial charge on any atom is -0.350 e. The van der Waals surface area contributed by atoms with Crippen molar-refractivity contribution in [3.05, 3.63) is 52.5 Å². The normalized spacial score (nSPS) is 9.71.